The summed E-state index contributed by atoms with van der Waals surface area (Å²) in [6.07, 6.45) is 3.39. The predicted molar refractivity (Wildman–Crippen MR) is 117 cm³/mol. The number of aromatic nitrogens is 3. The van der Waals surface area contributed by atoms with Gasteiger partial charge in [-0.2, -0.15) is 0 Å². The van der Waals surface area contributed by atoms with Gasteiger partial charge in [0.1, 0.15) is 11.6 Å². The topological polar surface area (TPSA) is 101 Å². The summed E-state index contributed by atoms with van der Waals surface area (Å²) in [6.45, 7) is 4.33. The lowest BCUT2D eigenvalue weighted by Gasteiger charge is -2.25. The highest BCUT2D eigenvalue weighted by atomic mass is 35.5. The molecule has 0 aliphatic heterocycles. The van der Waals surface area contributed by atoms with Crippen LogP contribution >= 0.6 is 11.6 Å². The largest absolute Gasteiger partial charge is 0.478 e. The smallest absolute Gasteiger partial charge is 0.263 e. The van der Waals surface area contributed by atoms with Gasteiger partial charge in [0.05, 0.1) is 0 Å². The van der Waals surface area contributed by atoms with Crippen molar-refractivity contribution >= 4 is 34.8 Å². The fraction of sp³-hybridized carbons (Fsp3) is 0.238. The number of amides is 1. The van der Waals surface area contributed by atoms with Gasteiger partial charge in [-0.1, -0.05) is 11.6 Å². The zero-order valence-electron chi connectivity index (χ0n) is 16.7. The average Bonchev–Trinajstić information content (AvgIpc) is 2.74. The van der Waals surface area contributed by atoms with Gasteiger partial charge in [0.2, 0.25) is 0 Å². The van der Waals surface area contributed by atoms with Crippen LogP contribution in [-0.4, -0.2) is 39.8 Å². The van der Waals surface area contributed by atoms with E-state index >= 15 is 0 Å². The van der Waals surface area contributed by atoms with Gasteiger partial charge >= 0.3 is 0 Å². The molecule has 0 spiro atoms. The summed E-state index contributed by atoms with van der Waals surface area (Å²) < 4.78 is 5.77. The van der Waals surface area contributed by atoms with E-state index in [0.717, 1.165) is 5.69 Å². The van der Waals surface area contributed by atoms with Crippen molar-refractivity contribution in [1.29, 1.82) is 0 Å². The van der Waals surface area contributed by atoms with Crippen LogP contribution in [0.4, 0.5) is 17.3 Å². The Morgan fingerprint density at radius 1 is 0.967 bits per heavy atom. The standard InChI is InChI=1S/C21H23ClN6O2/c1-21(2,30-17-5-3-15(22)4-6-17)20(29)25-14-13-24-18-7-8-19(28-27-18)26-16-9-11-23-12-10-16/h3-12H,13-14H2,1-2H3,(H,24,27)(H,25,29)(H,23,26,28). The number of halogens is 1. The molecule has 3 aromatic rings. The third kappa shape index (κ3) is 6.31. The van der Waals surface area contributed by atoms with E-state index in [1.54, 1.807) is 50.5 Å². The van der Waals surface area contributed by atoms with Crippen LogP contribution in [-0.2, 0) is 4.79 Å². The van der Waals surface area contributed by atoms with E-state index in [2.05, 4.69) is 31.1 Å². The number of ether oxygens (including phenoxy) is 1. The third-order valence-electron chi connectivity index (χ3n) is 4.07. The zero-order valence-corrected chi connectivity index (χ0v) is 17.5. The Bertz CT molecular complexity index is 949. The van der Waals surface area contributed by atoms with Crippen LogP contribution in [0.3, 0.4) is 0 Å². The van der Waals surface area contributed by atoms with Gasteiger partial charge in [-0.3, -0.25) is 9.78 Å². The van der Waals surface area contributed by atoms with Crippen molar-refractivity contribution in [3.63, 3.8) is 0 Å². The van der Waals surface area contributed by atoms with Gasteiger partial charge in [-0.15, -0.1) is 10.2 Å². The zero-order chi connectivity index (χ0) is 21.4. The molecule has 0 saturated heterocycles. The maximum atomic E-state index is 12.4. The highest BCUT2D eigenvalue weighted by molar-refractivity contribution is 6.30. The SMILES string of the molecule is CC(C)(Oc1ccc(Cl)cc1)C(=O)NCCNc1ccc(Nc2ccncc2)nn1. The molecule has 0 aliphatic rings. The molecule has 3 N–H and O–H groups in total. The third-order valence-corrected chi connectivity index (χ3v) is 4.32. The van der Waals surface area contributed by atoms with Gasteiger partial charge in [-0.05, 0) is 62.4 Å². The predicted octanol–water partition coefficient (Wildman–Crippen LogP) is 3.65. The number of nitrogens with zero attached hydrogens (tertiary/aromatic N) is 3. The highest BCUT2D eigenvalue weighted by Gasteiger charge is 2.29. The number of rotatable bonds is 9. The molecule has 2 heterocycles. The Hall–Kier alpha value is -3.39. The second kappa shape index (κ2) is 9.89. The second-order valence-electron chi connectivity index (χ2n) is 6.91. The fourth-order valence-corrected chi connectivity index (χ4v) is 2.63. The second-order valence-corrected chi connectivity index (χ2v) is 7.35. The Morgan fingerprint density at radius 3 is 2.30 bits per heavy atom. The molecule has 0 unspecified atom stereocenters. The summed E-state index contributed by atoms with van der Waals surface area (Å²) in [5.74, 6) is 1.60. The number of carbonyl (C=O) groups is 1. The molecular weight excluding hydrogens is 404 g/mol. The molecule has 0 fully saturated rings. The van der Waals surface area contributed by atoms with E-state index < -0.39 is 5.60 Å². The van der Waals surface area contributed by atoms with Crippen LogP contribution in [0, 0.1) is 0 Å². The van der Waals surface area contributed by atoms with Crippen molar-refractivity contribution in [2.24, 2.45) is 0 Å². The Labute approximate surface area is 180 Å². The Morgan fingerprint density at radius 2 is 1.63 bits per heavy atom. The van der Waals surface area contributed by atoms with E-state index in [4.69, 9.17) is 16.3 Å². The van der Waals surface area contributed by atoms with E-state index in [-0.39, 0.29) is 5.91 Å². The lowest BCUT2D eigenvalue weighted by Crippen LogP contribution is -2.47. The Kier molecular flexibility index (Phi) is 7.03. The van der Waals surface area contributed by atoms with Crippen molar-refractivity contribution in [2.45, 2.75) is 19.4 Å². The molecule has 0 radical (unpaired) electrons. The molecule has 1 aromatic carbocycles. The molecule has 156 valence electrons. The average molecular weight is 427 g/mol. The first-order valence-corrected chi connectivity index (χ1v) is 9.78. The van der Waals surface area contributed by atoms with Crippen molar-refractivity contribution < 1.29 is 9.53 Å². The van der Waals surface area contributed by atoms with Gasteiger partial charge in [0.15, 0.2) is 11.4 Å². The molecule has 0 atom stereocenters. The molecule has 30 heavy (non-hydrogen) atoms. The van der Waals surface area contributed by atoms with E-state index in [9.17, 15) is 4.79 Å². The Balaban J connectivity index is 1.41. The minimum Gasteiger partial charge on any atom is -0.478 e. The summed E-state index contributed by atoms with van der Waals surface area (Å²) in [5.41, 5.74) is -0.139. The molecule has 1 amide bonds. The van der Waals surface area contributed by atoms with Crippen LogP contribution in [0.2, 0.25) is 5.02 Å². The minimum absolute atomic E-state index is 0.220. The van der Waals surface area contributed by atoms with E-state index in [0.29, 0.717) is 35.5 Å². The van der Waals surface area contributed by atoms with Crippen molar-refractivity contribution in [3.8, 4) is 5.75 Å². The molecule has 8 nitrogen and oxygen atoms in total. The molecule has 0 aliphatic carbocycles. The monoisotopic (exact) mass is 426 g/mol. The first-order valence-electron chi connectivity index (χ1n) is 9.40. The normalized spacial score (nSPS) is 10.9. The summed E-state index contributed by atoms with van der Waals surface area (Å²) >= 11 is 5.87. The molecule has 2 aromatic heterocycles. The number of anilines is 3. The van der Waals surface area contributed by atoms with Crippen molar-refractivity contribution in [2.75, 3.05) is 23.7 Å². The van der Waals surface area contributed by atoms with Gasteiger partial charge in [0, 0.05) is 36.2 Å². The van der Waals surface area contributed by atoms with Crippen molar-refractivity contribution in [1.82, 2.24) is 20.5 Å². The lowest BCUT2D eigenvalue weighted by atomic mass is 10.1. The number of hydrogen-bond donors (Lipinski definition) is 3. The highest BCUT2D eigenvalue weighted by Crippen LogP contribution is 2.21. The summed E-state index contributed by atoms with van der Waals surface area (Å²) in [4.78, 5) is 16.4. The first-order chi connectivity index (χ1) is 14.4. The molecular formula is C21H23ClN6O2. The maximum Gasteiger partial charge on any atom is 0.263 e. The first kappa shape index (κ1) is 21.3. The van der Waals surface area contributed by atoms with Gasteiger partial charge in [-0.25, -0.2) is 0 Å². The van der Waals surface area contributed by atoms with Gasteiger partial charge < -0.3 is 20.7 Å². The summed E-state index contributed by atoms with van der Waals surface area (Å²) in [6, 6.07) is 14.2. The van der Waals surface area contributed by atoms with Crippen LogP contribution in [0.5, 0.6) is 5.75 Å². The molecule has 0 saturated carbocycles. The lowest BCUT2D eigenvalue weighted by molar-refractivity contribution is -0.134. The van der Waals surface area contributed by atoms with Crippen LogP contribution in [0.1, 0.15) is 13.8 Å². The molecule has 9 heteroatoms. The number of pyridine rings is 1. The molecule has 3 rings (SSSR count). The summed E-state index contributed by atoms with van der Waals surface area (Å²) in [7, 11) is 0. The minimum atomic E-state index is -1.02. The number of carbonyl (C=O) groups excluding carboxylic acids is 1. The fourth-order valence-electron chi connectivity index (χ4n) is 2.50. The number of benzene rings is 1. The van der Waals surface area contributed by atoms with Crippen LogP contribution < -0.4 is 20.7 Å². The maximum absolute atomic E-state index is 12.4. The van der Waals surface area contributed by atoms with Gasteiger partial charge in [0.25, 0.3) is 5.91 Å². The van der Waals surface area contributed by atoms with Crippen LogP contribution in [0.15, 0.2) is 60.9 Å². The van der Waals surface area contributed by atoms with E-state index in [1.165, 1.54) is 0 Å². The quantitative estimate of drug-likeness (QED) is 0.449. The number of hydrogen-bond acceptors (Lipinski definition) is 7. The van der Waals surface area contributed by atoms with Crippen LogP contribution in [0.25, 0.3) is 0 Å². The number of nitrogens with one attached hydrogen (secondary N) is 3. The van der Waals surface area contributed by atoms with E-state index in [1.807, 2.05) is 24.3 Å². The van der Waals surface area contributed by atoms with Crippen molar-refractivity contribution in [3.05, 3.63) is 65.9 Å². The summed E-state index contributed by atoms with van der Waals surface area (Å²) in [5, 5.41) is 17.9. The molecule has 0 bridgehead atoms.